The minimum Gasteiger partial charge on any atom is -0.495 e. The third-order valence-electron chi connectivity index (χ3n) is 4.91. The minimum absolute atomic E-state index is 0.118. The molecule has 162 valence electrons. The highest BCUT2D eigenvalue weighted by molar-refractivity contribution is 7.89. The fourth-order valence-electron chi connectivity index (χ4n) is 3.29. The molecule has 0 radical (unpaired) electrons. The maximum Gasteiger partial charge on any atom is 0.246 e. The van der Waals surface area contributed by atoms with Crippen molar-refractivity contribution in [3.63, 3.8) is 0 Å². The molecule has 1 aliphatic heterocycles. The lowest BCUT2D eigenvalue weighted by molar-refractivity contribution is 0.372. The van der Waals surface area contributed by atoms with Crippen LogP contribution in [0, 0.1) is 5.82 Å². The fourth-order valence-corrected chi connectivity index (χ4v) is 4.88. The number of piperazine rings is 1. The Bertz CT molecular complexity index is 1140. The van der Waals surface area contributed by atoms with Gasteiger partial charge in [-0.2, -0.15) is 4.31 Å². The van der Waals surface area contributed by atoms with Crippen LogP contribution in [-0.4, -0.2) is 61.2 Å². The van der Waals surface area contributed by atoms with Gasteiger partial charge in [-0.1, -0.05) is 0 Å². The average molecular weight is 444 g/mol. The predicted molar refractivity (Wildman–Crippen MR) is 113 cm³/mol. The first-order valence-electron chi connectivity index (χ1n) is 9.57. The van der Waals surface area contributed by atoms with Gasteiger partial charge in [0.25, 0.3) is 0 Å². The van der Waals surface area contributed by atoms with Gasteiger partial charge in [0.05, 0.1) is 7.11 Å². The van der Waals surface area contributed by atoms with Gasteiger partial charge in [-0.25, -0.2) is 12.8 Å². The standard InChI is InChI=1S/C20H21FN6O3S/c1-30-17-3-2-15(21)14-18(17)31(28,29)27-12-10-26(11-13-27)20-5-4-19(24-25-20)23-16-6-8-22-9-7-16/h2-9,14H,10-13H2,1H3,(H,22,23,24). The van der Waals surface area contributed by atoms with Gasteiger partial charge in [0.15, 0.2) is 11.6 Å². The summed E-state index contributed by atoms with van der Waals surface area (Å²) < 4.78 is 46.1. The minimum atomic E-state index is -3.88. The third-order valence-corrected chi connectivity index (χ3v) is 6.83. The lowest BCUT2D eigenvalue weighted by Crippen LogP contribution is -2.49. The summed E-state index contributed by atoms with van der Waals surface area (Å²) in [6.45, 7) is 1.34. The Morgan fingerprint density at radius 1 is 1.00 bits per heavy atom. The van der Waals surface area contributed by atoms with Crippen molar-refractivity contribution in [2.45, 2.75) is 4.90 Å². The van der Waals surface area contributed by atoms with Crippen LogP contribution < -0.4 is 15.0 Å². The molecule has 3 aromatic rings. The van der Waals surface area contributed by atoms with Crippen molar-refractivity contribution in [2.24, 2.45) is 0 Å². The summed E-state index contributed by atoms with van der Waals surface area (Å²) in [5.74, 6) is 0.732. The highest BCUT2D eigenvalue weighted by Crippen LogP contribution is 2.28. The Morgan fingerprint density at radius 3 is 2.39 bits per heavy atom. The van der Waals surface area contributed by atoms with E-state index in [0.29, 0.717) is 24.7 Å². The third kappa shape index (κ3) is 4.57. The maximum atomic E-state index is 13.7. The first-order valence-corrected chi connectivity index (χ1v) is 11.0. The van der Waals surface area contributed by atoms with E-state index in [-0.39, 0.29) is 23.7 Å². The van der Waals surface area contributed by atoms with Gasteiger partial charge in [-0.15, -0.1) is 10.2 Å². The summed E-state index contributed by atoms with van der Waals surface area (Å²) in [5.41, 5.74) is 0.851. The zero-order valence-electron chi connectivity index (χ0n) is 16.8. The number of hydrogen-bond donors (Lipinski definition) is 1. The summed E-state index contributed by atoms with van der Waals surface area (Å²) in [7, 11) is -2.53. The quantitative estimate of drug-likeness (QED) is 0.618. The number of nitrogens with zero attached hydrogens (tertiary/aromatic N) is 5. The fraction of sp³-hybridized carbons (Fsp3) is 0.250. The SMILES string of the molecule is COc1ccc(F)cc1S(=O)(=O)N1CCN(c2ccc(Nc3ccncc3)nn2)CC1. The highest BCUT2D eigenvalue weighted by Gasteiger charge is 2.31. The zero-order valence-corrected chi connectivity index (χ0v) is 17.6. The number of ether oxygens (including phenoxy) is 1. The number of anilines is 3. The highest BCUT2D eigenvalue weighted by atomic mass is 32.2. The van der Waals surface area contributed by atoms with E-state index in [0.717, 1.165) is 11.8 Å². The number of benzene rings is 1. The van der Waals surface area contributed by atoms with Crippen molar-refractivity contribution in [1.82, 2.24) is 19.5 Å². The van der Waals surface area contributed by atoms with Crippen LogP contribution in [0.4, 0.5) is 21.7 Å². The van der Waals surface area contributed by atoms with Gasteiger partial charge in [0, 0.05) is 44.3 Å². The summed E-state index contributed by atoms with van der Waals surface area (Å²) >= 11 is 0. The summed E-state index contributed by atoms with van der Waals surface area (Å²) in [4.78, 5) is 5.75. The molecule has 0 amide bonds. The van der Waals surface area contributed by atoms with Gasteiger partial charge in [-0.3, -0.25) is 4.98 Å². The van der Waals surface area contributed by atoms with Crippen LogP contribution in [-0.2, 0) is 10.0 Å². The summed E-state index contributed by atoms with van der Waals surface area (Å²) in [6, 6.07) is 10.8. The largest absolute Gasteiger partial charge is 0.495 e. The number of halogens is 1. The normalized spacial score (nSPS) is 15.0. The number of aromatic nitrogens is 3. The molecule has 0 bridgehead atoms. The van der Waals surface area contributed by atoms with Crippen LogP contribution >= 0.6 is 0 Å². The average Bonchev–Trinajstić information content (AvgIpc) is 2.80. The molecule has 0 aliphatic carbocycles. The van der Waals surface area contributed by atoms with Gasteiger partial charge >= 0.3 is 0 Å². The Hall–Kier alpha value is -3.31. The van der Waals surface area contributed by atoms with Gasteiger partial charge < -0.3 is 15.0 Å². The van der Waals surface area contributed by atoms with Crippen LogP contribution in [0.5, 0.6) is 5.75 Å². The van der Waals surface area contributed by atoms with Gasteiger partial charge in [0.1, 0.15) is 16.5 Å². The molecule has 11 heteroatoms. The van der Waals surface area contributed by atoms with Crippen molar-refractivity contribution in [1.29, 1.82) is 0 Å². The van der Waals surface area contributed by atoms with E-state index in [2.05, 4.69) is 20.5 Å². The lowest BCUT2D eigenvalue weighted by atomic mass is 10.3. The zero-order chi connectivity index (χ0) is 21.8. The second-order valence-corrected chi connectivity index (χ2v) is 8.73. The molecular formula is C20H21FN6O3S. The summed E-state index contributed by atoms with van der Waals surface area (Å²) in [5, 5.41) is 11.6. The molecule has 1 fully saturated rings. The second kappa shape index (κ2) is 8.82. The van der Waals surface area contributed by atoms with E-state index < -0.39 is 15.8 Å². The molecule has 2 aromatic heterocycles. The Balaban J connectivity index is 1.42. The number of hydrogen-bond acceptors (Lipinski definition) is 8. The van der Waals surface area contributed by atoms with Crippen LogP contribution in [0.15, 0.2) is 59.8 Å². The number of sulfonamides is 1. The van der Waals surface area contributed by atoms with E-state index in [4.69, 9.17) is 4.74 Å². The molecule has 0 atom stereocenters. The van der Waals surface area contributed by atoms with E-state index >= 15 is 0 Å². The molecule has 0 saturated carbocycles. The first-order chi connectivity index (χ1) is 15.0. The van der Waals surface area contributed by atoms with Crippen molar-refractivity contribution in [3.05, 3.63) is 60.7 Å². The van der Waals surface area contributed by atoms with Crippen molar-refractivity contribution >= 4 is 27.3 Å². The van der Waals surface area contributed by atoms with Crippen LogP contribution in [0.1, 0.15) is 0 Å². The van der Waals surface area contributed by atoms with E-state index in [9.17, 15) is 12.8 Å². The molecule has 1 saturated heterocycles. The Morgan fingerprint density at radius 2 is 1.74 bits per heavy atom. The number of rotatable bonds is 6. The Kier molecular flexibility index (Phi) is 5.96. The van der Waals surface area contributed by atoms with E-state index in [1.165, 1.54) is 23.5 Å². The molecule has 9 nitrogen and oxygen atoms in total. The number of methoxy groups -OCH3 is 1. The Labute approximate surface area is 179 Å². The summed E-state index contributed by atoms with van der Waals surface area (Å²) in [6.07, 6.45) is 3.36. The molecule has 0 spiro atoms. The number of pyridine rings is 1. The van der Waals surface area contributed by atoms with Crippen molar-refractivity contribution in [3.8, 4) is 5.75 Å². The molecule has 1 N–H and O–H groups in total. The van der Waals surface area contributed by atoms with Crippen LogP contribution in [0.3, 0.4) is 0 Å². The number of nitrogens with one attached hydrogen (secondary N) is 1. The smallest absolute Gasteiger partial charge is 0.246 e. The van der Waals surface area contributed by atoms with Gasteiger partial charge in [0.2, 0.25) is 10.0 Å². The monoisotopic (exact) mass is 444 g/mol. The molecule has 4 rings (SSSR count). The maximum absolute atomic E-state index is 13.7. The molecule has 1 aromatic carbocycles. The molecule has 31 heavy (non-hydrogen) atoms. The predicted octanol–water partition coefficient (Wildman–Crippen LogP) is 2.27. The molecule has 1 aliphatic rings. The molecular weight excluding hydrogens is 423 g/mol. The van der Waals surface area contributed by atoms with Crippen molar-refractivity contribution in [2.75, 3.05) is 43.5 Å². The molecule has 0 unspecified atom stereocenters. The van der Waals surface area contributed by atoms with Crippen LogP contribution in [0.2, 0.25) is 0 Å². The lowest BCUT2D eigenvalue weighted by Gasteiger charge is -2.34. The molecule has 3 heterocycles. The van der Waals surface area contributed by atoms with Crippen molar-refractivity contribution < 1.29 is 17.5 Å². The topological polar surface area (TPSA) is 101 Å². The first kappa shape index (κ1) is 20.9. The van der Waals surface area contributed by atoms with E-state index in [1.807, 2.05) is 29.2 Å². The second-order valence-electron chi connectivity index (χ2n) is 6.82. The van der Waals surface area contributed by atoms with Gasteiger partial charge in [-0.05, 0) is 42.5 Å². The van der Waals surface area contributed by atoms with Crippen LogP contribution in [0.25, 0.3) is 0 Å². The van der Waals surface area contributed by atoms with E-state index in [1.54, 1.807) is 12.4 Å².